The van der Waals surface area contributed by atoms with Gasteiger partial charge in [0.1, 0.15) is 0 Å². The fourth-order valence-electron chi connectivity index (χ4n) is 1.40. The predicted octanol–water partition coefficient (Wildman–Crippen LogP) is 2.34. The summed E-state index contributed by atoms with van der Waals surface area (Å²) < 4.78 is 4.77. The first-order valence-corrected chi connectivity index (χ1v) is 6.11. The van der Waals surface area contributed by atoms with Crippen LogP contribution in [0.2, 0.25) is 0 Å². The van der Waals surface area contributed by atoms with Crippen LogP contribution >= 0.6 is 0 Å². The number of amides is 1. The Hall–Kier alpha value is -2.43. The smallest absolute Gasteiger partial charge is 0.331 e. The summed E-state index contributed by atoms with van der Waals surface area (Å²) in [6.07, 6.45) is 1.31. The Morgan fingerprint density at radius 3 is 2.20 bits per heavy atom. The van der Waals surface area contributed by atoms with Gasteiger partial charge in [-0.05, 0) is 45.0 Å². The van der Waals surface area contributed by atoms with E-state index in [0.717, 1.165) is 5.57 Å². The average Bonchev–Trinajstić information content (AvgIpc) is 2.36. The zero-order valence-electron chi connectivity index (χ0n) is 11.7. The number of allylic oxidation sites excluding steroid dienone is 1. The van der Waals surface area contributed by atoms with Gasteiger partial charge in [-0.2, -0.15) is 0 Å². The zero-order valence-corrected chi connectivity index (χ0v) is 11.7. The van der Waals surface area contributed by atoms with E-state index in [-0.39, 0.29) is 12.4 Å². The third-order valence-electron chi connectivity index (χ3n) is 2.33. The molecule has 0 fully saturated rings. The molecule has 1 amide bonds. The Kier molecular flexibility index (Phi) is 5.65. The molecule has 1 aromatic rings. The quantitative estimate of drug-likeness (QED) is 0.508. The number of ether oxygens (including phenoxy) is 1. The van der Waals surface area contributed by atoms with Gasteiger partial charge in [-0.25, -0.2) is 4.79 Å². The minimum absolute atomic E-state index is 0.0430. The number of nitrogens with one attached hydrogen (secondary N) is 1. The molecule has 1 aromatic carbocycles. The van der Waals surface area contributed by atoms with E-state index in [9.17, 15) is 14.4 Å². The molecule has 5 heteroatoms. The lowest BCUT2D eigenvalue weighted by Gasteiger charge is -2.06. The fourth-order valence-corrected chi connectivity index (χ4v) is 1.40. The molecule has 0 aliphatic rings. The van der Waals surface area contributed by atoms with Gasteiger partial charge in [0.25, 0.3) is 5.91 Å². The van der Waals surface area contributed by atoms with Crippen LogP contribution < -0.4 is 5.32 Å². The normalized spacial score (nSPS) is 9.55. The number of hydrogen-bond donors (Lipinski definition) is 1. The van der Waals surface area contributed by atoms with Crippen LogP contribution in [0.25, 0.3) is 0 Å². The number of carbonyl (C=O) groups is 3. The van der Waals surface area contributed by atoms with E-state index >= 15 is 0 Å². The first kappa shape index (κ1) is 15.6. The van der Waals surface area contributed by atoms with E-state index in [1.165, 1.54) is 13.0 Å². The van der Waals surface area contributed by atoms with Crippen LogP contribution in [0.15, 0.2) is 35.9 Å². The Morgan fingerprint density at radius 1 is 1.10 bits per heavy atom. The molecule has 0 bridgehead atoms. The van der Waals surface area contributed by atoms with Crippen LogP contribution in [0.4, 0.5) is 5.69 Å². The lowest BCUT2D eigenvalue weighted by molar-refractivity contribution is -0.142. The molecule has 0 spiro atoms. The summed E-state index contributed by atoms with van der Waals surface area (Å²) in [6.45, 7) is 4.64. The number of hydrogen-bond acceptors (Lipinski definition) is 4. The molecule has 0 unspecified atom stereocenters. The maximum absolute atomic E-state index is 11.5. The second-order valence-electron chi connectivity index (χ2n) is 4.51. The van der Waals surface area contributed by atoms with Crippen molar-refractivity contribution in [1.29, 1.82) is 0 Å². The molecule has 20 heavy (non-hydrogen) atoms. The van der Waals surface area contributed by atoms with Crippen LogP contribution in [0, 0.1) is 0 Å². The fraction of sp³-hybridized carbons (Fsp3) is 0.267. The summed E-state index contributed by atoms with van der Waals surface area (Å²) in [7, 11) is 0. The van der Waals surface area contributed by atoms with Gasteiger partial charge < -0.3 is 10.1 Å². The standard InChI is InChI=1S/C15H17NO4/c1-10(2)8-15(19)20-9-14(18)16-13-6-4-12(5-7-13)11(3)17/h4-8H,9H2,1-3H3,(H,16,18). The summed E-state index contributed by atoms with van der Waals surface area (Å²) in [5.41, 5.74) is 1.91. The third-order valence-corrected chi connectivity index (χ3v) is 2.33. The molecule has 0 saturated carbocycles. The molecule has 5 nitrogen and oxygen atoms in total. The van der Waals surface area contributed by atoms with Crippen molar-refractivity contribution in [1.82, 2.24) is 0 Å². The van der Waals surface area contributed by atoms with Gasteiger partial charge in [0.2, 0.25) is 0 Å². The zero-order chi connectivity index (χ0) is 15.1. The maximum Gasteiger partial charge on any atom is 0.331 e. The molecule has 1 N–H and O–H groups in total. The first-order chi connectivity index (χ1) is 9.38. The van der Waals surface area contributed by atoms with Crippen molar-refractivity contribution >= 4 is 23.3 Å². The Balaban J connectivity index is 2.48. The maximum atomic E-state index is 11.5. The number of anilines is 1. The van der Waals surface area contributed by atoms with Gasteiger partial charge in [0.05, 0.1) is 0 Å². The summed E-state index contributed by atoms with van der Waals surface area (Å²) >= 11 is 0. The van der Waals surface area contributed by atoms with E-state index in [1.54, 1.807) is 38.1 Å². The third kappa shape index (κ3) is 5.48. The number of carbonyl (C=O) groups excluding carboxylic acids is 3. The highest BCUT2D eigenvalue weighted by Gasteiger charge is 2.06. The van der Waals surface area contributed by atoms with Crippen LogP contribution in [0.3, 0.4) is 0 Å². The van der Waals surface area contributed by atoms with Gasteiger partial charge in [-0.3, -0.25) is 9.59 Å². The van der Waals surface area contributed by atoms with Crippen LogP contribution in [0.1, 0.15) is 31.1 Å². The molecular formula is C15H17NO4. The SMILES string of the molecule is CC(=O)c1ccc(NC(=O)COC(=O)C=C(C)C)cc1. The molecular weight excluding hydrogens is 258 g/mol. The number of rotatable bonds is 5. The number of Topliss-reactive ketones (excluding diaryl/α,β-unsaturated/α-hetero) is 1. The largest absolute Gasteiger partial charge is 0.452 e. The van der Waals surface area contributed by atoms with Crippen molar-refractivity contribution in [3.05, 3.63) is 41.5 Å². The van der Waals surface area contributed by atoms with Crippen molar-refractivity contribution < 1.29 is 19.1 Å². The minimum Gasteiger partial charge on any atom is -0.452 e. The van der Waals surface area contributed by atoms with Crippen LogP contribution in [-0.4, -0.2) is 24.3 Å². The highest BCUT2D eigenvalue weighted by Crippen LogP contribution is 2.09. The molecule has 0 heterocycles. The molecule has 0 atom stereocenters. The Morgan fingerprint density at radius 2 is 1.70 bits per heavy atom. The molecule has 0 radical (unpaired) electrons. The van der Waals surface area contributed by atoms with Crippen molar-refractivity contribution in [2.75, 3.05) is 11.9 Å². The first-order valence-electron chi connectivity index (χ1n) is 6.11. The monoisotopic (exact) mass is 275 g/mol. The second kappa shape index (κ2) is 7.23. The minimum atomic E-state index is -0.549. The van der Waals surface area contributed by atoms with Crippen molar-refractivity contribution in [3.8, 4) is 0 Å². The molecule has 106 valence electrons. The highest BCUT2D eigenvalue weighted by atomic mass is 16.5. The highest BCUT2D eigenvalue weighted by molar-refractivity contribution is 5.96. The van der Waals surface area contributed by atoms with E-state index < -0.39 is 11.9 Å². The number of esters is 1. The van der Waals surface area contributed by atoms with E-state index in [1.807, 2.05) is 0 Å². The average molecular weight is 275 g/mol. The number of ketones is 1. The molecule has 0 aliphatic heterocycles. The number of benzene rings is 1. The van der Waals surface area contributed by atoms with E-state index in [4.69, 9.17) is 4.74 Å². The topological polar surface area (TPSA) is 72.5 Å². The molecule has 0 aromatic heterocycles. The molecule has 0 aliphatic carbocycles. The Labute approximate surface area is 117 Å². The van der Waals surface area contributed by atoms with Gasteiger partial charge in [0.15, 0.2) is 12.4 Å². The summed E-state index contributed by atoms with van der Waals surface area (Å²) in [5.74, 6) is -1.03. The van der Waals surface area contributed by atoms with Crippen molar-refractivity contribution in [2.24, 2.45) is 0 Å². The lowest BCUT2D eigenvalue weighted by atomic mass is 10.1. The van der Waals surface area contributed by atoms with Gasteiger partial charge >= 0.3 is 5.97 Å². The van der Waals surface area contributed by atoms with Gasteiger partial charge in [-0.1, -0.05) is 5.57 Å². The Bertz CT molecular complexity index is 539. The van der Waals surface area contributed by atoms with Gasteiger partial charge in [-0.15, -0.1) is 0 Å². The summed E-state index contributed by atoms with van der Waals surface area (Å²) in [4.78, 5) is 33.9. The van der Waals surface area contributed by atoms with Crippen molar-refractivity contribution in [3.63, 3.8) is 0 Å². The predicted molar refractivity (Wildman–Crippen MR) is 75.5 cm³/mol. The molecule has 0 saturated heterocycles. The summed E-state index contributed by atoms with van der Waals surface area (Å²) in [5, 5.41) is 2.57. The van der Waals surface area contributed by atoms with Gasteiger partial charge in [0, 0.05) is 17.3 Å². The summed E-state index contributed by atoms with van der Waals surface area (Å²) in [6, 6.07) is 6.47. The van der Waals surface area contributed by atoms with Crippen LogP contribution in [-0.2, 0) is 14.3 Å². The van der Waals surface area contributed by atoms with Crippen LogP contribution in [0.5, 0.6) is 0 Å². The van der Waals surface area contributed by atoms with E-state index in [0.29, 0.717) is 11.3 Å². The lowest BCUT2D eigenvalue weighted by Crippen LogP contribution is -2.20. The molecule has 1 rings (SSSR count). The van der Waals surface area contributed by atoms with Crippen molar-refractivity contribution in [2.45, 2.75) is 20.8 Å². The second-order valence-corrected chi connectivity index (χ2v) is 4.51. The van der Waals surface area contributed by atoms with E-state index in [2.05, 4.69) is 5.32 Å².